The van der Waals surface area contributed by atoms with Crippen molar-refractivity contribution in [2.45, 2.75) is 5.75 Å². The highest BCUT2D eigenvalue weighted by atomic mass is 35.5. The Morgan fingerprint density at radius 1 is 1.46 bits per heavy atom. The van der Waals surface area contributed by atoms with E-state index < -0.39 is 10.7 Å². The summed E-state index contributed by atoms with van der Waals surface area (Å²) < 4.78 is 4.65. The predicted octanol–water partition coefficient (Wildman–Crippen LogP) is 1.49. The molecular formula is C7H6ClNO4. The largest absolute Gasteiger partial charge is 0.451 e. The van der Waals surface area contributed by atoms with Crippen molar-refractivity contribution in [3.63, 3.8) is 0 Å². The van der Waals surface area contributed by atoms with Crippen LogP contribution in [0.5, 0.6) is 5.75 Å². The zero-order chi connectivity index (χ0) is 9.84. The summed E-state index contributed by atoms with van der Waals surface area (Å²) in [5.74, 6) is -1.17. The molecule has 1 atom stereocenters. The molecule has 0 heterocycles. The van der Waals surface area contributed by atoms with E-state index in [0.29, 0.717) is 0 Å². The standard InChI is InChI=1S/C7H6ClNO4/c8-7(10)13-6-3-1-5(2-4-6)9(11)12/h1-4,7,10H/t7-/m1/s1. The molecule has 0 aromatic heterocycles. The summed E-state index contributed by atoms with van der Waals surface area (Å²) >= 11 is 5.11. The van der Waals surface area contributed by atoms with Gasteiger partial charge in [-0.05, 0) is 23.7 Å². The highest BCUT2D eigenvalue weighted by molar-refractivity contribution is 6.18. The zero-order valence-corrected chi connectivity index (χ0v) is 7.14. The smallest absolute Gasteiger partial charge is 0.277 e. The summed E-state index contributed by atoms with van der Waals surface area (Å²) in [6.45, 7) is 0. The van der Waals surface area contributed by atoms with Gasteiger partial charge in [-0.3, -0.25) is 10.1 Å². The molecule has 0 fully saturated rings. The van der Waals surface area contributed by atoms with Gasteiger partial charge in [-0.15, -0.1) is 0 Å². The van der Waals surface area contributed by atoms with E-state index in [9.17, 15) is 10.1 Å². The average Bonchev–Trinajstić information content (AvgIpc) is 2.04. The Labute approximate surface area is 78.7 Å². The van der Waals surface area contributed by atoms with Crippen molar-refractivity contribution in [1.29, 1.82) is 0 Å². The predicted molar refractivity (Wildman–Crippen MR) is 45.6 cm³/mol. The van der Waals surface area contributed by atoms with Gasteiger partial charge in [-0.1, -0.05) is 0 Å². The van der Waals surface area contributed by atoms with Crippen molar-refractivity contribution in [2.75, 3.05) is 0 Å². The third-order valence-electron chi connectivity index (χ3n) is 1.28. The number of non-ortho nitro benzene ring substituents is 1. The van der Waals surface area contributed by atoms with Gasteiger partial charge in [0.1, 0.15) is 5.75 Å². The average molecular weight is 204 g/mol. The van der Waals surface area contributed by atoms with Gasteiger partial charge in [0.2, 0.25) is 0 Å². The Kier molecular flexibility index (Phi) is 3.05. The molecule has 0 amide bonds. The molecule has 0 aliphatic carbocycles. The van der Waals surface area contributed by atoms with Gasteiger partial charge < -0.3 is 9.84 Å². The zero-order valence-electron chi connectivity index (χ0n) is 6.38. The Morgan fingerprint density at radius 2 is 2.00 bits per heavy atom. The Bertz CT molecular complexity index is 298. The third kappa shape index (κ3) is 2.89. The minimum atomic E-state index is -1.44. The Hall–Kier alpha value is -1.33. The minimum absolute atomic E-state index is 0.0450. The number of rotatable bonds is 3. The maximum atomic E-state index is 10.2. The van der Waals surface area contributed by atoms with Crippen molar-refractivity contribution in [3.8, 4) is 5.75 Å². The van der Waals surface area contributed by atoms with Crippen LogP contribution in [-0.2, 0) is 0 Å². The number of halogens is 1. The van der Waals surface area contributed by atoms with E-state index in [0.717, 1.165) is 0 Å². The molecule has 1 aromatic carbocycles. The van der Waals surface area contributed by atoms with Crippen LogP contribution in [0.2, 0.25) is 0 Å². The highest BCUT2D eigenvalue weighted by Crippen LogP contribution is 2.18. The van der Waals surface area contributed by atoms with Gasteiger partial charge >= 0.3 is 0 Å². The molecule has 0 saturated heterocycles. The summed E-state index contributed by atoms with van der Waals surface area (Å²) in [6.07, 6.45) is 0. The first-order valence-electron chi connectivity index (χ1n) is 3.33. The molecule has 5 nitrogen and oxygen atoms in total. The molecule has 70 valence electrons. The monoisotopic (exact) mass is 203 g/mol. The quantitative estimate of drug-likeness (QED) is 0.350. The summed E-state index contributed by atoms with van der Waals surface area (Å²) in [6, 6.07) is 5.22. The molecule has 0 aliphatic heterocycles. The fraction of sp³-hybridized carbons (Fsp3) is 0.143. The number of hydrogen-bond donors (Lipinski definition) is 1. The lowest BCUT2D eigenvalue weighted by molar-refractivity contribution is -0.384. The van der Waals surface area contributed by atoms with Gasteiger partial charge in [-0.2, -0.15) is 0 Å². The van der Waals surface area contributed by atoms with Gasteiger partial charge in [0, 0.05) is 12.1 Å². The van der Waals surface area contributed by atoms with Crippen LogP contribution in [0, 0.1) is 10.1 Å². The van der Waals surface area contributed by atoms with Crippen molar-refractivity contribution in [3.05, 3.63) is 34.4 Å². The van der Waals surface area contributed by atoms with Crippen molar-refractivity contribution >= 4 is 17.3 Å². The minimum Gasteiger partial charge on any atom is -0.451 e. The molecule has 13 heavy (non-hydrogen) atoms. The molecule has 0 unspecified atom stereocenters. The molecule has 6 heteroatoms. The van der Waals surface area contributed by atoms with E-state index >= 15 is 0 Å². The van der Waals surface area contributed by atoms with Gasteiger partial charge in [0.25, 0.3) is 11.4 Å². The van der Waals surface area contributed by atoms with Crippen LogP contribution in [0.15, 0.2) is 24.3 Å². The molecule has 0 aliphatic rings. The van der Waals surface area contributed by atoms with Crippen molar-refractivity contribution in [1.82, 2.24) is 0 Å². The van der Waals surface area contributed by atoms with Crippen LogP contribution in [0.1, 0.15) is 0 Å². The van der Waals surface area contributed by atoms with E-state index in [1.807, 2.05) is 0 Å². The molecule has 0 saturated carbocycles. The number of hydrogen-bond acceptors (Lipinski definition) is 4. The van der Waals surface area contributed by atoms with Crippen molar-refractivity contribution < 1.29 is 14.8 Å². The second kappa shape index (κ2) is 4.06. The number of aliphatic hydroxyl groups is 1. The highest BCUT2D eigenvalue weighted by Gasteiger charge is 2.05. The van der Waals surface area contributed by atoms with Crippen LogP contribution in [0.3, 0.4) is 0 Å². The SMILES string of the molecule is O=[N+]([O-])c1ccc(O[C@@H](O)Cl)cc1. The van der Waals surface area contributed by atoms with E-state index in [1.54, 1.807) is 0 Å². The Balaban J connectivity index is 2.75. The van der Waals surface area contributed by atoms with Crippen LogP contribution < -0.4 is 4.74 Å². The van der Waals surface area contributed by atoms with Crippen LogP contribution in [-0.4, -0.2) is 15.8 Å². The number of aliphatic hydroxyl groups excluding tert-OH is 1. The summed E-state index contributed by atoms with van der Waals surface area (Å²) in [4.78, 5) is 9.70. The normalized spacial score (nSPS) is 12.2. The second-order valence-corrected chi connectivity index (χ2v) is 2.53. The third-order valence-corrected chi connectivity index (χ3v) is 1.37. The second-order valence-electron chi connectivity index (χ2n) is 2.16. The number of nitro groups is 1. The van der Waals surface area contributed by atoms with Gasteiger partial charge in [0.05, 0.1) is 4.92 Å². The van der Waals surface area contributed by atoms with Gasteiger partial charge in [0.15, 0.2) is 0 Å². The topological polar surface area (TPSA) is 72.6 Å². The number of nitro benzene ring substituents is 1. The summed E-state index contributed by atoms with van der Waals surface area (Å²) in [5.41, 5.74) is -0.0450. The van der Waals surface area contributed by atoms with E-state index in [-0.39, 0.29) is 11.4 Å². The number of nitrogens with zero attached hydrogens (tertiary/aromatic N) is 1. The molecular weight excluding hydrogens is 198 g/mol. The molecule has 1 N–H and O–H groups in total. The lowest BCUT2D eigenvalue weighted by Gasteiger charge is -2.05. The fourth-order valence-electron chi connectivity index (χ4n) is 0.759. The maximum absolute atomic E-state index is 10.2. The fourth-order valence-corrected chi connectivity index (χ4v) is 0.862. The molecule has 0 radical (unpaired) electrons. The maximum Gasteiger partial charge on any atom is 0.277 e. The summed E-state index contributed by atoms with van der Waals surface area (Å²) in [7, 11) is 0. The van der Waals surface area contributed by atoms with E-state index in [4.69, 9.17) is 16.7 Å². The number of benzene rings is 1. The first-order valence-corrected chi connectivity index (χ1v) is 3.76. The number of ether oxygens (including phenoxy) is 1. The molecule has 1 rings (SSSR count). The first kappa shape index (κ1) is 9.76. The molecule has 0 spiro atoms. The Morgan fingerprint density at radius 3 is 2.38 bits per heavy atom. The molecule has 0 bridgehead atoms. The summed E-state index contributed by atoms with van der Waals surface area (Å²) in [5, 5.41) is 18.8. The van der Waals surface area contributed by atoms with Crippen molar-refractivity contribution in [2.24, 2.45) is 0 Å². The lowest BCUT2D eigenvalue weighted by atomic mass is 10.3. The van der Waals surface area contributed by atoms with Crippen LogP contribution in [0.4, 0.5) is 5.69 Å². The van der Waals surface area contributed by atoms with Gasteiger partial charge in [-0.25, -0.2) is 0 Å². The number of alkyl halides is 1. The first-order chi connectivity index (χ1) is 6.09. The van der Waals surface area contributed by atoms with E-state index in [2.05, 4.69) is 4.74 Å². The van der Waals surface area contributed by atoms with Crippen LogP contribution in [0.25, 0.3) is 0 Å². The molecule has 1 aromatic rings. The van der Waals surface area contributed by atoms with Crippen LogP contribution >= 0.6 is 11.6 Å². The lowest BCUT2D eigenvalue weighted by Crippen LogP contribution is -2.05. The van der Waals surface area contributed by atoms with E-state index in [1.165, 1.54) is 24.3 Å².